The van der Waals surface area contributed by atoms with E-state index in [1.165, 1.54) is 45.1 Å². The molecule has 2 rings (SSSR count). The second-order valence-corrected chi connectivity index (χ2v) is 8.61. The number of nitrogens with zero attached hydrogens (tertiary/aromatic N) is 1. The van der Waals surface area contributed by atoms with Gasteiger partial charge in [-0.15, -0.1) is 0 Å². The van der Waals surface area contributed by atoms with Crippen molar-refractivity contribution < 1.29 is 17.9 Å². The van der Waals surface area contributed by atoms with Crippen LogP contribution in [0.3, 0.4) is 0 Å². The summed E-state index contributed by atoms with van der Waals surface area (Å²) in [4.78, 5) is 13.8. The number of nitrogens with one attached hydrogen (secondary N) is 2. The number of ether oxygens (including phenoxy) is 1. The summed E-state index contributed by atoms with van der Waals surface area (Å²) in [5, 5.41) is 2.59. The Morgan fingerprint density at radius 2 is 2.15 bits per heavy atom. The molecule has 1 amide bonds. The Morgan fingerprint density at radius 3 is 2.81 bits per heavy atom. The van der Waals surface area contributed by atoms with Crippen molar-refractivity contribution in [2.75, 3.05) is 38.6 Å². The quantitative estimate of drug-likeness (QED) is 0.671. The molecule has 1 aromatic carbocycles. The molecule has 2 N–H and O–H groups in total. The van der Waals surface area contributed by atoms with Crippen molar-refractivity contribution >= 4 is 21.6 Å². The summed E-state index contributed by atoms with van der Waals surface area (Å²) >= 11 is 0. The predicted molar refractivity (Wildman–Crippen MR) is 102 cm³/mol. The van der Waals surface area contributed by atoms with E-state index in [4.69, 9.17) is 4.74 Å². The molecule has 0 spiro atoms. The minimum absolute atomic E-state index is 0.105. The lowest BCUT2D eigenvalue weighted by Crippen LogP contribution is -2.36. The SMILES string of the molecule is COc1ccc(S(=O)(=O)NCCCN2CCC[C@H](C)C2)cc1NC(C)=O. The first kappa shape index (κ1) is 20.7. The number of likely N-dealkylation sites (tertiary alicyclic amines) is 1. The topological polar surface area (TPSA) is 87.7 Å². The Hall–Kier alpha value is -1.64. The van der Waals surface area contributed by atoms with Crippen LogP contribution in [0.25, 0.3) is 0 Å². The van der Waals surface area contributed by atoms with Crippen LogP contribution in [-0.4, -0.2) is 52.5 Å². The number of methoxy groups -OCH3 is 1. The molecule has 1 aromatic rings. The van der Waals surface area contributed by atoms with E-state index >= 15 is 0 Å². The number of amides is 1. The number of rotatable bonds is 8. The first-order valence-electron chi connectivity index (χ1n) is 8.99. The van der Waals surface area contributed by atoms with E-state index in [0.29, 0.717) is 23.9 Å². The third kappa shape index (κ3) is 5.96. The van der Waals surface area contributed by atoms with Crippen LogP contribution in [0.1, 0.15) is 33.1 Å². The Labute approximate surface area is 156 Å². The molecule has 1 atom stereocenters. The Balaban J connectivity index is 1.93. The predicted octanol–water partition coefficient (Wildman–Crippen LogP) is 2.05. The normalized spacial score (nSPS) is 18.5. The van der Waals surface area contributed by atoms with Crippen LogP contribution < -0.4 is 14.8 Å². The summed E-state index contributed by atoms with van der Waals surface area (Å²) in [6.07, 6.45) is 3.25. The third-order valence-electron chi connectivity index (χ3n) is 4.48. The minimum atomic E-state index is -3.63. The molecule has 1 aliphatic heterocycles. The fourth-order valence-corrected chi connectivity index (χ4v) is 4.32. The van der Waals surface area contributed by atoms with E-state index in [-0.39, 0.29) is 10.8 Å². The monoisotopic (exact) mass is 383 g/mol. The van der Waals surface area contributed by atoms with Crippen LogP contribution in [0.4, 0.5) is 5.69 Å². The van der Waals surface area contributed by atoms with Crippen molar-refractivity contribution in [2.24, 2.45) is 5.92 Å². The van der Waals surface area contributed by atoms with Crippen molar-refractivity contribution in [1.29, 1.82) is 0 Å². The highest BCUT2D eigenvalue weighted by atomic mass is 32.2. The Bertz CT molecular complexity index is 721. The summed E-state index contributed by atoms with van der Waals surface area (Å²) in [7, 11) is -2.17. The molecule has 0 radical (unpaired) electrons. The van der Waals surface area contributed by atoms with Gasteiger partial charge in [-0.3, -0.25) is 4.79 Å². The molecule has 1 saturated heterocycles. The van der Waals surface area contributed by atoms with Gasteiger partial charge in [-0.25, -0.2) is 13.1 Å². The van der Waals surface area contributed by atoms with Crippen LogP contribution in [0.5, 0.6) is 5.75 Å². The molecule has 7 nitrogen and oxygen atoms in total. The molecule has 0 aliphatic carbocycles. The van der Waals surface area contributed by atoms with E-state index in [1.807, 2.05) is 0 Å². The van der Waals surface area contributed by atoms with Gasteiger partial charge in [0.15, 0.2) is 0 Å². The molecular weight excluding hydrogens is 354 g/mol. The van der Waals surface area contributed by atoms with E-state index < -0.39 is 10.0 Å². The molecular formula is C18H29N3O4S. The molecule has 1 fully saturated rings. The van der Waals surface area contributed by atoms with Crippen LogP contribution in [-0.2, 0) is 14.8 Å². The first-order chi connectivity index (χ1) is 12.3. The molecule has 0 aromatic heterocycles. The van der Waals surface area contributed by atoms with Crippen LogP contribution in [0, 0.1) is 5.92 Å². The molecule has 146 valence electrons. The van der Waals surface area contributed by atoms with Gasteiger partial charge in [-0.05, 0) is 56.5 Å². The van der Waals surface area contributed by atoms with Crippen LogP contribution in [0.15, 0.2) is 23.1 Å². The average Bonchev–Trinajstić information content (AvgIpc) is 2.58. The zero-order valence-corrected chi connectivity index (χ0v) is 16.6. The van der Waals surface area contributed by atoms with Crippen LogP contribution >= 0.6 is 0 Å². The zero-order valence-electron chi connectivity index (χ0n) is 15.7. The summed E-state index contributed by atoms with van der Waals surface area (Å²) in [6, 6.07) is 4.42. The summed E-state index contributed by atoms with van der Waals surface area (Å²) < 4.78 is 32.8. The molecule has 0 saturated carbocycles. The smallest absolute Gasteiger partial charge is 0.240 e. The van der Waals surface area contributed by atoms with Gasteiger partial charge in [0.05, 0.1) is 17.7 Å². The lowest BCUT2D eigenvalue weighted by atomic mass is 10.0. The number of carbonyl (C=O) groups excluding carboxylic acids is 1. The molecule has 0 unspecified atom stereocenters. The number of carbonyl (C=O) groups is 1. The maximum Gasteiger partial charge on any atom is 0.240 e. The molecule has 1 heterocycles. The van der Waals surface area contributed by atoms with Crippen molar-refractivity contribution in [3.63, 3.8) is 0 Å². The highest BCUT2D eigenvalue weighted by Gasteiger charge is 2.18. The fraction of sp³-hybridized carbons (Fsp3) is 0.611. The van der Waals surface area contributed by atoms with Gasteiger partial charge in [0.25, 0.3) is 0 Å². The van der Waals surface area contributed by atoms with E-state index in [0.717, 1.165) is 26.1 Å². The standard InChI is InChI=1S/C18H29N3O4S/c1-14-6-4-10-21(13-14)11-5-9-19-26(23,24)16-7-8-18(25-3)17(12-16)20-15(2)22/h7-8,12,14,19H,4-6,9-11,13H2,1-3H3,(H,20,22)/t14-/m0/s1. The molecule has 8 heteroatoms. The number of anilines is 1. The Morgan fingerprint density at radius 1 is 1.38 bits per heavy atom. The second kappa shape index (κ2) is 9.34. The largest absolute Gasteiger partial charge is 0.495 e. The molecule has 26 heavy (non-hydrogen) atoms. The second-order valence-electron chi connectivity index (χ2n) is 6.84. The number of benzene rings is 1. The van der Waals surface area contributed by atoms with Crippen molar-refractivity contribution in [3.05, 3.63) is 18.2 Å². The summed E-state index contributed by atoms with van der Waals surface area (Å²) in [5.74, 6) is 0.840. The number of hydrogen-bond donors (Lipinski definition) is 2. The maximum absolute atomic E-state index is 12.5. The Kier molecular flexibility index (Phi) is 7.43. The van der Waals surface area contributed by atoms with Gasteiger partial charge in [0.1, 0.15) is 5.75 Å². The van der Waals surface area contributed by atoms with Crippen molar-refractivity contribution in [1.82, 2.24) is 9.62 Å². The van der Waals surface area contributed by atoms with Gasteiger partial charge < -0.3 is 15.0 Å². The molecule has 1 aliphatic rings. The van der Waals surface area contributed by atoms with Gasteiger partial charge in [0, 0.05) is 20.0 Å². The van der Waals surface area contributed by atoms with Crippen molar-refractivity contribution in [2.45, 2.75) is 38.0 Å². The summed E-state index contributed by atoms with van der Waals surface area (Å²) in [6.45, 7) is 7.08. The minimum Gasteiger partial charge on any atom is -0.495 e. The summed E-state index contributed by atoms with van der Waals surface area (Å²) in [5.41, 5.74) is 0.338. The zero-order chi connectivity index (χ0) is 19.2. The number of sulfonamides is 1. The van der Waals surface area contributed by atoms with Gasteiger partial charge in [-0.2, -0.15) is 0 Å². The van der Waals surface area contributed by atoms with Gasteiger partial charge in [0.2, 0.25) is 15.9 Å². The maximum atomic E-state index is 12.5. The van der Waals surface area contributed by atoms with E-state index in [9.17, 15) is 13.2 Å². The van der Waals surface area contributed by atoms with Crippen molar-refractivity contribution in [3.8, 4) is 5.75 Å². The van der Waals surface area contributed by atoms with E-state index in [1.54, 1.807) is 0 Å². The average molecular weight is 384 g/mol. The highest BCUT2D eigenvalue weighted by molar-refractivity contribution is 7.89. The van der Waals surface area contributed by atoms with Gasteiger partial charge in [-0.1, -0.05) is 6.92 Å². The fourth-order valence-electron chi connectivity index (χ4n) is 3.22. The molecule has 0 bridgehead atoms. The number of piperidine rings is 1. The third-order valence-corrected chi connectivity index (χ3v) is 5.93. The van der Waals surface area contributed by atoms with E-state index in [2.05, 4.69) is 21.9 Å². The number of hydrogen-bond acceptors (Lipinski definition) is 5. The first-order valence-corrected chi connectivity index (χ1v) is 10.5. The van der Waals surface area contributed by atoms with Gasteiger partial charge >= 0.3 is 0 Å². The lowest BCUT2D eigenvalue weighted by molar-refractivity contribution is -0.114. The van der Waals surface area contributed by atoms with Crippen LogP contribution in [0.2, 0.25) is 0 Å². The lowest BCUT2D eigenvalue weighted by Gasteiger charge is -2.30. The highest BCUT2D eigenvalue weighted by Crippen LogP contribution is 2.27.